The van der Waals surface area contributed by atoms with Gasteiger partial charge >= 0.3 is 0 Å². The van der Waals surface area contributed by atoms with Crippen LogP contribution in [-0.4, -0.2) is 66.8 Å². The lowest BCUT2D eigenvalue weighted by molar-refractivity contribution is -0.0480. The maximum absolute atomic E-state index is 10.0. The van der Waals surface area contributed by atoms with E-state index in [9.17, 15) is 10.2 Å². The van der Waals surface area contributed by atoms with Gasteiger partial charge in [-0.3, -0.25) is 4.90 Å². The average Bonchev–Trinajstić information content (AvgIpc) is 2.47. The fourth-order valence-corrected chi connectivity index (χ4v) is 2.27. The van der Waals surface area contributed by atoms with Crippen LogP contribution in [0.2, 0.25) is 5.02 Å². The van der Waals surface area contributed by atoms with E-state index in [1.807, 2.05) is 4.90 Å². The Hall–Kier alpha value is -0.850. The van der Waals surface area contributed by atoms with Gasteiger partial charge in [0, 0.05) is 18.1 Å². The fraction of sp³-hybridized carbons (Fsp3) is 0.571. The van der Waals surface area contributed by atoms with Crippen LogP contribution in [0.25, 0.3) is 0 Å². The smallest absolute Gasteiger partial charge is 0.119 e. The molecular formula is C14H20ClNO4. The zero-order valence-electron chi connectivity index (χ0n) is 11.2. The molecule has 1 aromatic rings. The molecule has 0 spiro atoms. The van der Waals surface area contributed by atoms with Crippen LogP contribution >= 0.6 is 11.6 Å². The van der Waals surface area contributed by atoms with Gasteiger partial charge in [0.1, 0.15) is 18.5 Å². The number of benzene rings is 1. The molecule has 2 N–H and O–H groups in total. The Balaban J connectivity index is 1.76. The van der Waals surface area contributed by atoms with Crippen molar-refractivity contribution in [2.75, 3.05) is 39.5 Å². The first kappa shape index (κ1) is 15.5. The molecule has 1 aliphatic heterocycles. The number of nitrogens with zero attached hydrogens (tertiary/aromatic N) is 1. The van der Waals surface area contributed by atoms with Gasteiger partial charge in [0.15, 0.2) is 0 Å². The van der Waals surface area contributed by atoms with Crippen molar-refractivity contribution in [3.8, 4) is 5.75 Å². The van der Waals surface area contributed by atoms with Crippen LogP contribution in [0.4, 0.5) is 0 Å². The van der Waals surface area contributed by atoms with E-state index in [1.165, 1.54) is 0 Å². The van der Waals surface area contributed by atoms with Crippen molar-refractivity contribution in [2.45, 2.75) is 12.1 Å². The van der Waals surface area contributed by atoms with E-state index in [0.717, 1.165) is 0 Å². The summed E-state index contributed by atoms with van der Waals surface area (Å²) >= 11 is 5.79. The van der Waals surface area contributed by atoms with Crippen molar-refractivity contribution >= 4 is 11.6 Å². The minimum Gasteiger partial charge on any atom is -0.491 e. The highest BCUT2D eigenvalue weighted by Gasteiger charge is 2.24. The molecule has 0 amide bonds. The Morgan fingerprint density at radius 2 is 2.15 bits per heavy atom. The third-order valence-electron chi connectivity index (χ3n) is 3.26. The van der Waals surface area contributed by atoms with E-state index in [-0.39, 0.29) is 19.3 Å². The first-order chi connectivity index (χ1) is 9.69. The first-order valence-electron chi connectivity index (χ1n) is 6.68. The maximum atomic E-state index is 10.0. The van der Waals surface area contributed by atoms with E-state index < -0.39 is 6.10 Å². The van der Waals surface area contributed by atoms with Gasteiger partial charge in [0.2, 0.25) is 0 Å². The monoisotopic (exact) mass is 301 g/mol. The Morgan fingerprint density at radius 3 is 2.85 bits per heavy atom. The summed E-state index contributed by atoms with van der Waals surface area (Å²) in [5, 5.41) is 19.9. The molecule has 20 heavy (non-hydrogen) atoms. The van der Waals surface area contributed by atoms with Crippen molar-refractivity contribution in [3.05, 3.63) is 29.3 Å². The van der Waals surface area contributed by atoms with Crippen molar-refractivity contribution < 1.29 is 19.7 Å². The quantitative estimate of drug-likeness (QED) is 0.813. The zero-order chi connectivity index (χ0) is 14.4. The van der Waals surface area contributed by atoms with E-state index in [4.69, 9.17) is 21.1 Å². The van der Waals surface area contributed by atoms with E-state index in [0.29, 0.717) is 37.1 Å². The summed E-state index contributed by atoms with van der Waals surface area (Å²) in [5.41, 5.74) is 0. The molecule has 1 heterocycles. The number of aliphatic hydroxyl groups excluding tert-OH is 2. The van der Waals surface area contributed by atoms with Gasteiger partial charge in [-0.2, -0.15) is 0 Å². The standard InChI is InChI=1S/C14H20ClNO4/c15-11-1-3-14(4-2-11)20-10-13(18)7-16-5-6-19-9-12(16)8-17/h1-4,12-13,17-18H,5-10H2/t12-,13?/m1/s1. The Morgan fingerprint density at radius 1 is 1.40 bits per heavy atom. The minimum atomic E-state index is -0.613. The van der Waals surface area contributed by atoms with Gasteiger partial charge in [0.05, 0.1) is 25.9 Å². The fourth-order valence-electron chi connectivity index (χ4n) is 2.14. The summed E-state index contributed by atoms with van der Waals surface area (Å²) in [6.45, 7) is 2.54. The lowest BCUT2D eigenvalue weighted by Gasteiger charge is -2.35. The van der Waals surface area contributed by atoms with Crippen LogP contribution in [0.1, 0.15) is 0 Å². The van der Waals surface area contributed by atoms with Crippen molar-refractivity contribution in [3.63, 3.8) is 0 Å². The highest BCUT2D eigenvalue weighted by atomic mass is 35.5. The Bertz CT molecular complexity index is 401. The van der Waals surface area contributed by atoms with E-state index in [2.05, 4.69) is 0 Å². The van der Waals surface area contributed by atoms with E-state index in [1.54, 1.807) is 24.3 Å². The second kappa shape index (κ2) is 7.81. The lowest BCUT2D eigenvalue weighted by Crippen LogP contribution is -2.50. The van der Waals surface area contributed by atoms with Gasteiger partial charge in [-0.1, -0.05) is 11.6 Å². The third-order valence-corrected chi connectivity index (χ3v) is 3.51. The summed E-state index contributed by atoms with van der Waals surface area (Å²) in [4.78, 5) is 2.03. The highest BCUT2D eigenvalue weighted by Crippen LogP contribution is 2.16. The number of halogens is 1. The number of hydrogen-bond acceptors (Lipinski definition) is 5. The summed E-state index contributed by atoms with van der Waals surface area (Å²) in [6.07, 6.45) is -0.613. The predicted molar refractivity (Wildman–Crippen MR) is 76.2 cm³/mol. The maximum Gasteiger partial charge on any atom is 0.119 e. The van der Waals surface area contributed by atoms with Crippen LogP contribution < -0.4 is 4.74 Å². The van der Waals surface area contributed by atoms with Crippen molar-refractivity contribution in [1.29, 1.82) is 0 Å². The Kier molecular flexibility index (Phi) is 6.06. The molecule has 0 radical (unpaired) electrons. The van der Waals surface area contributed by atoms with Crippen LogP contribution in [0, 0.1) is 0 Å². The van der Waals surface area contributed by atoms with Gasteiger partial charge < -0.3 is 19.7 Å². The van der Waals surface area contributed by atoms with Gasteiger partial charge in [0.25, 0.3) is 0 Å². The van der Waals surface area contributed by atoms with E-state index >= 15 is 0 Å². The lowest BCUT2D eigenvalue weighted by atomic mass is 10.2. The summed E-state index contributed by atoms with van der Waals surface area (Å²) in [6, 6.07) is 6.97. The number of hydrogen-bond donors (Lipinski definition) is 2. The van der Waals surface area contributed by atoms with Crippen molar-refractivity contribution in [2.24, 2.45) is 0 Å². The molecule has 0 aromatic heterocycles. The van der Waals surface area contributed by atoms with Gasteiger partial charge in [-0.05, 0) is 24.3 Å². The SMILES string of the molecule is OC[C@@H]1COCCN1CC(O)COc1ccc(Cl)cc1. The number of β-amino-alcohol motifs (C(OH)–C–C–N with tert-alkyl or cyclic N) is 1. The van der Waals surface area contributed by atoms with Gasteiger partial charge in [-0.15, -0.1) is 0 Å². The van der Waals surface area contributed by atoms with Crippen LogP contribution in [0.5, 0.6) is 5.75 Å². The molecule has 1 aromatic carbocycles. The Labute approximate surface area is 123 Å². The molecule has 1 fully saturated rings. The molecule has 0 bridgehead atoms. The highest BCUT2D eigenvalue weighted by molar-refractivity contribution is 6.30. The number of rotatable bonds is 6. The molecule has 2 atom stereocenters. The summed E-state index contributed by atoms with van der Waals surface area (Å²) in [7, 11) is 0. The molecule has 0 aliphatic carbocycles. The molecule has 6 heteroatoms. The second-order valence-corrected chi connectivity index (χ2v) is 5.26. The molecule has 0 saturated carbocycles. The third kappa shape index (κ3) is 4.61. The molecule has 2 rings (SSSR count). The topological polar surface area (TPSA) is 62.2 Å². The molecule has 1 saturated heterocycles. The molecular weight excluding hydrogens is 282 g/mol. The number of morpholine rings is 1. The molecule has 112 valence electrons. The largest absolute Gasteiger partial charge is 0.491 e. The summed E-state index contributed by atoms with van der Waals surface area (Å²) in [5.74, 6) is 0.675. The second-order valence-electron chi connectivity index (χ2n) is 4.82. The number of ether oxygens (including phenoxy) is 2. The molecule has 1 aliphatic rings. The average molecular weight is 302 g/mol. The molecule has 1 unspecified atom stereocenters. The number of aliphatic hydroxyl groups is 2. The first-order valence-corrected chi connectivity index (χ1v) is 7.06. The molecule has 5 nitrogen and oxygen atoms in total. The minimum absolute atomic E-state index is 0.0325. The van der Waals surface area contributed by atoms with Crippen LogP contribution in [0.15, 0.2) is 24.3 Å². The van der Waals surface area contributed by atoms with Crippen LogP contribution in [-0.2, 0) is 4.74 Å². The predicted octanol–water partition coefficient (Wildman–Crippen LogP) is 0.773. The summed E-state index contributed by atoms with van der Waals surface area (Å²) < 4.78 is 10.8. The van der Waals surface area contributed by atoms with Crippen molar-refractivity contribution in [1.82, 2.24) is 4.90 Å². The van der Waals surface area contributed by atoms with Crippen LogP contribution in [0.3, 0.4) is 0 Å². The normalized spacial score (nSPS) is 21.6. The zero-order valence-corrected chi connectivity index (χ0v) is 12.0. The van der Waals surface area contributed by atoms with Gasteiger partial charge in [-0.25, -0.2) is 0 Å².